The van der Waals surface area contributed by atoms with Crippen molar-refractivity contribution in [2.75, 3.05) is 24.5 Å². The topological polar surface area (TPSA) is 37.3 Å². The standard InChI is InChI=1S/C21H22FN3O/c22-18-5-7-19(8-6-18)24-11-9-16(14-24)13-23-21(26)15-25-12-10-17-3-1-2-4-20(17)25/h1-8,10,12,16H,9,11,13-15H2,(H,23,26)/t16-/m0/s1. The zero-order valence-corrected chi connectivity index (χ0v) is 14.6. The highest BCUT2D eigenvalue weighted by Crippen LogP contribution is 2.23. The van der Waals surface area contributed by atoms with Crippen molar-refractivity contribution in [3.05, 3.63) is 66.6 Å². The molecule has 4 nitrogen and oxygen atoms in total. The number of hydrogen-bond donors (Lipinski definition) is 1. The summed E-state index contributed by atoms with van der Waals surface area (Å²) < 4.78 is 15.0. The van der Waals surface area contributed by atoms with Crippen molar-refractivity contribution in [3.8, 4) is 0 Å². The summed E-state index contributed by atoms with van der Waals surface area (Å²) in [5.74, 6) is 0.242. The third kappa shape index (κ3) is 3.57. The van der Waals surface area contributed by atoms with E-state index in [4.69, 9.17) is 0 Å². The quantitative estimate of drug-likeness (QED) is 0.765. The molecule has 1 aliphatic heterocycles. The van der Waals surface area contributed by atoms with Crippen LogP contribution in [0.25, 0.3) is 10.9 Å². The van der Waals surface area contributed by atoms with Gasteiger partial charge in [0.15, 0.2) is 0 Å². The van der Waals surface area contributed by atoms with Gasteiger partial charge >= 0.3 is 0 Å². The summed E-state index contributed by atoms with van der Waals surface area (Å²) in [5, 5.41) is 4.21. The Morgan fingerprint density at radius 3 is 2.77 bits per heavy atom. The molecule has 3 aromatic rings. The van der Waals surface area contributed by atoms with E-state index in [1.54, 1.807) is 0 Å². The molecule has 5 heteroatoms. The van der Waals surface area contributed by atoms with Crippen LogP contribution in [-0.2, 0) is 11.3 Å². The van der Waals surface area contributed by atoms with Gasteiger partial charge in [0.2, 0.25) is 5.91 Å². The molecule has 2 heterocycles. The number of amides is 1. The van der Waals surface area contributed by atoms with Gasteiger partial charge in [-0.1, -0.05) is 18.2 Å². The predicted octanol–water partition coefficient (Wildman–Crippen LogP) is 3.42. The fourth-order valence-corrected chi connectivity index (χ4v) is 3.63. The first-order valence-electron chi connectivity index (χ1n) is 9.00. The number of para-hydroxylation sites is 1. The highest BCUT2D eigenvalue weighted by molar-refractivity contribution is 5.83. The third-order valence-corrected chi connectivity index (χ3v) is 5.06. The maximum absolute atomic E-state index is 13.0. The van der Waals surface area contributed by atoms with Gasteiger partial charge in [-0.3, -0.25) is 4.79 Å². The van der Waals surface area contributed by atoms with Gasteiger partial charge in [0, 0.05) is 37.0 Å². The lowest BCUT2D eigenvalue weighted by molar-refractivity contribution is -0.121. The molecule has 1 aromatic heterocycles. The summed E-state index contributed by atoms with van der Waals surface area (Å²) in [6.45, 7) is 2.84. The minimum atomic E-state index is -0.214. The van der Waals surface area contributed by atoms with Crippen molar-refractivity contribution >= 4 is 22.5 Å². The van der Waals surface area contributed by atoms with E-state index in [1.807, 2.05) is 53.2 Å². The first kappa shape index (κ1) is 16.6. The summed E-state index contributed by atoms with van der Waals surface area (Å²) >= 11 is 0. The van der Waals surface area contributed by atoms with Crippen LogP contribution in [0.3, 0.4) is 0 Å². The Morgan fingerprint density at radius 1 is 1.12 bits per heavy atom. The Labute approximate surface area is 152 Å². The van der Waals surface area contributed by atoms with Crippen LogP contribution in [-0.4, -0.2) is 30.1 Å². The van der Waals surface area contributed by atoms with E-state index in [1.165, 1.54) is 12.1 Å². The molecule has 134 valence electrons. The molecule has 4 rings (SSSR count). The van der Waals surface area contributed by atoms with E-state index >= 15 is 0 Å². The molecule has 0 spiro atoms. The molecule has 0 saturated carbocycles. The van der Waals surface area contributed by atoms with E-state index in [0.717, 1.165) is 36.1 Å². The minimum Gasteiger partial charge on any atom is -0.371 e. The molecule has 0 radical (unpaired) electrons. The smallest absolute Gasteiger partial charge is 0.239 e. The number of hydrogen-bond acceptors (Lipinski definition) is 2. The number of fused-ring (bicyclic) bond motifs is 1. The Bertz CT molecular complexity index is 903. The van der Waals surface area contributed by atoms with Crippen LogP contribution in [0.4, 0.5) is 10.1 Å². The largest absolute Gasteiger partial charge is 0.371 e. The molecule has 1 saturated heterocycles. The second-order valence-corrected chi connectivity index (χ2v) is 6.88. The summed E-state index contributed by atoms with van der Waals surface area (Å²) in [5.41, 5.74) is 2.12. The molecule has 1 atom stereocenters. The van der Waals surface area contributed by atoms with Crippen LogP contribution >= 0.6 is 0 Å². The number of aromatic nitrogens is 1. The third-order valence-electron chi connectivity index (χ3n) is 5.06. The maximum Gasteiger partial charge on any atom is 0.239 e. The van der Waals surface area contributed by atoms with E-state index < -0.39 is 0 Å². The number of anilines is 1. The molecule has 1 fully saturated rings. The van der Waals surface area contributed by atoms with Gasteiger partial charge in [0.25, 0.3) is 0 Å². The molecule has 1 aliphatic rings. The lowest BCUT2D eigenvalue weighted by Crippen LogP contribution is -2.33. The zero-order chi connectivity index (χ0) is 17.9. The average molecular weight is 351 g/mol. The second-order valence-electron chi connectivity index (χ2n) is 6.88. The van der Waals surface area contributed by atoms with Crippen molar-refractivity contribution < 1.29 is 9.18 Å². The van der Waals surface area contributed by atoms with E-state index in [2.05, 4.69) is 10.2 Å². The predicted molar refractivity (Wildman–Crippen MR) is 102 cm³/mol. The molecule has 1 N–H and O–H groups in total. The second kappa shape index (κ2) is 7.20. The van der Waals surface area contributed by atoms with Crippen molar-refractivity contribution in [2.24, 2.45) is 5.92 Å². The monoisotopic (exact) mass is 351 g/mol. The number of nitrogens with one attached hydrogen (secondary N) is 1. The molecule has 0 bridgehead atoms. The highest BCUT2D eigenvalue weighted by Gasteiger charge is 2.23. The molecule has 0 aliphatic carbocycles. The Morgan fingerprint density at radius 2 is 1.92 bits per heavy atom. The number of carbonyl (C=O) groups is 1. The van der Waals surface area contributed by atoms with Gasteiger partial charge in [0.05, 0.1) is 0 Å². The van der Waals surface area contributed by atoms with Gasteiger partial charge in [0.1, 0.15) is 12.4 Å². The van der Waals surface area contributed by atoms with Crippen LogP contribution in [0.1, 0.15) is 6.42 Å². The van der Waals surface area contributed by atoms with Crippen molar-refractivity contribution in [2.45, 2.75) is 13.0 Å². The van der Waals surface area contributed by atoms with Gasteiger partial charge in [-0.15, -0.1) is 0 Å². The van der Waals surface area contributed by atoms with Crippen LogP contribution < -0.4 is 10.2 Å². The maximum atomic E-state index is 13.0. The summed E-state index contributed by atoms with van der Waals surface area (Å²) in [7, 11) is 0. The first-order valence-corrected chi connectivity index (χ1v) is 9.00. The van der Waals surface area contributed by atoms with Crippen molar-refractivity contribution in [1.29, 1.82) is 0 Å². The Kier molecular flexibility index (Phi) is 4.61. The van der Waals surface area contributed by atoms with Gasteiger partial charge in [-0.2, -0.15) is 0 Å². The van der Waals surface area contributed by atoms with Gasteiger partial charge < -0.3 is 14.8 Å². The minimum absolute atomic E-state index is 0.0339. The first-order chi connectivity index (χ1) is 12.7. The van der Waals surface area contributed by atoms with Crippen molar-refractivity contribution in [3.63, 3.8) is 0 Å². The number of rotatable bonds is 5. The molecule has 26 heavy (non-hydrogen) atoms. The molecule has 2 aromatic carbocycles. The lowest BCUT2D eigenvalue weighted by atomic mass is 10.1. The van der Waals surface area contributed by atoms with E-state index in [-0.39, 0.29) is 11.7 Å². The lowest BCUT2D eigenvalue weighted by Gasteiger charge is -2.19. The average Bonchev–Trinajstić information content (AvgIpc) is 3.28. The number of nitrogens with zero attached hydrogens (tertiary/aromatic N) is 2. The zero-order valence-electron chi connectivity index (χ0n) is 14.6. The van der Waals surface area contributed by atoms with Crippen LogP contribution in [0.5, 0.6) is 0 Å². The number of carbonyl (C=O) groups excluding carboxylic acids is 1. The van der Waals surface area contributed by atoms with Crippen LogP contribution in [0.2, 0.25) is 0 Å². The highest BCUT2D eigenvalue weighted by atomic mass is 19.1. The molecular weight excluding hydrogens is 329 g/mol. The molecular formula is C21H22FN3O. The van der Waals surface area contributed by atoms with Crippen molar-refractivity contribution in [1.82, 2.24) is 9.88 Å². The van der Waals surface area contributed by atoms with Gasteiger partial charge in [-0.05, 0) is 54.1 Å². The fraction of sp³-hybridized carbons (Fsp3) is 0.286. The van der Waals surface area contributed by atoms with E-state index in [9.17, 15) is 9.18 Å². The van der Waals surface area contributed by atoms with Gasteiger partial charge in [-0.25, -0.2) is 4.39 Å². The van der Waals surface area contributed by atoms with Crippen LogP contribution in [0.15, 0.2) is 60.8 Å². The van der Waals surface area contributed by atoms with E-state index in [0.29, 0.717) is 19.0 Å². The summed E-state index contributed by atoms with van der Waals surface area (Å²) in [6.07, 6.45) is 2.99. The fourth-order valence-electron chi connectivity index (χ4n) is 3.63. The molecule has 0 unspecified atom stereocenters. The SMILES string of the molecule is O=C(Cn1ccc2ccccc21)NC[C@@H]1CCN(c2ccc(F)cc2)C1. The normalized spacial score (nSPS) is 17.0. The number of benzene rings is 2. The Balaban J connectivity index is 1.29. The molecule has 1 amide bonds. The Hall–Kier alpha value is -2.82. The number of halogens is 1. The van der Waals surface area contributed by atoms with Crippen LogP contribution in [0, 0.1) is 11.7 Å². The summed E-state index contributed by atoms with van der Waals surface area (Å²) in [4.78, 5) is 14.6. The summed E-state index contributed by atoms with van der Waals surface area (Å²) in [6, 6.07) is 16.7.